The fourth-order valence-corrected chi connectivity index (χ4v) is 4.75. The van der Waals surface area contributed by atoms with E-state index in [9.17, 15) is 8.42 Å². The Balaban J connectivity index is 2.28. The highest BCUT2D eigenvalue weighted by Gasteiger charge is 2.33. The molecule has 0 spiro atoms. The minimum atomic E-state index is -3.48. The number of hydrogen-bond donors (Lipinski definition) is 2. The van der Waals surface area contributed by atoms with Gasteiger partial charge in [0.1, 0.15) is 0 Å². The summed E-state index contributed by atoms with van der Waals surface area (Å²) in [6.45, 7) is 2.90. The smallest absolute Gasteiger partial charge is 0.260 e. The number of aromatic nitrogens is 2. The van der Waals surface area contributed by atoms with Gasteiger partial charge < -0.3 is 5.32 Å². The van der Waals surface area contributed by atoms with Crippen LogP contribution in [-0.4, -0.2) is 42.6 Å². The number of H-pyrrole nitrogens is 1. The van der Waals surface area contributed by atoms with Crippen LogP contribution in [0.5, 0.6) is 0 Å². The molecule has 0 amide bonds. The standard InChI is InChI=1S/C13H24N4O2S/c1-3-17(12-7-5-4-6-8-12)20(18,19)13-11(9-14-2)10-15-16-13/h10,12,14H,3-9H2,1-2H3,(H,15,16). The zero-order chi connectivity index (χ0) is 14.6. The number of rotatable bonds is 6. The number of nitrogens with one attached hydrogen (secondary N) is 2. The molecule has 6 nitrogen and oxygen atoms in total. The van der Waals surface area contributed by atoms with E-state index in [0.717, 1.165) is 25.7 Å². The molecule has 1 aromatic rings. The van der Waals surface area contributed by atoms with Crippen molar-refractivity contribution in [3.63, 3.8) is 0 Å². The third kappa shape index (κ3) is 3.05. The normalized spacial score (nSPS) is 17.8. The van der Waals surface area contributed by atoms with E-state index >= 15 is 0 Å². The van der Waals surface area contributed by atoms with Crippen LogP contribution < -0.4 is 5.32 Å². The van der Waals surface area contributed by atoms with Gasteiger partial charge in [0.2, 0.25) is 0 Å². The molecular weight excluding hydrogens is 276 g/mol. The molecule has 0 atom stereocenters. The fraction of sp³-hybridized carbons (Fsp3) is 0.769. The summed E-state index contributed by atoms with van der Waals surface area (Å²) in [6.07, 6.45) is 6.94. The molecule has 20 heavy (non-hydrogen) atoms. The fourth-order valence-electron chi connectivity index (χ4n) is 2.95. The van der Waals surface area contributed by atoms with Crippen LogP contribution in [0.1, 0.15) is 44.6 Å². The topological polar surface area (TPSA) is 78.1 Å². The Morgan fingerprint density at radius 3 is 2.70 bits per heavy atom. The lowest BCUT2D eigenvalue weighted by Crippen LogP contribution is -2.41. The summed E-state index contributed by atoms with van der Waals surface area (Å²) in [6, 6.07) is 0.129. The summed E-state index contributed by atoms with van der Waals surface area (Å²) >= 11 is 0. The lowest BCUT2D eigenvalue weighted by molar-refractivity contribution is 0.260. The van der Waals surface area contributed by atoms with E-state index in [4.69, 9.17) is 0 Å². The van der Waals surface area contributed by atoms with Crippen LogP contribution in [0.25, 0.3) is 0 Å². The zero-order valence-electron chi connectivity index (χ0n) is 12.2. The predicted molar refractivity (Wildman–Crippen MR) is 77.8 cm³/mol. The van der Waals surface area contributed by atoms with Crippen LogP contribution in [0.2, 0.25) is 0 Å². The minimum absolute atomic E-state index is 0.129. The van der Waals surface area contributed by atoms with E-state index in [-0.39, 0.29) is 11.1 Å². The first-order chi connectivity index (χ1) is 9.61. The summed E-state index contributed by atoms with van der Waals surface area (Å²) in [5.41, 5.74) is 0.696. The Morgan fingerprint density at radius 1 is 1.40 bits per heavy atom. The van der Waals surface area contributed by atoms with Gasteiger partial charge in [-0.1, -0.05) is 26.2 Å². The van der Waals surface area contributed by atoms with Gasteiger partial charge in [0.05, 0.1) is 6.20 Å². The summed E-state index contributed by atoms with van der Waals surface area (Å²) in [5, 5.41) is 9.77. The van der Waals surface area contributed by atoms with Gasteiger partial charge in [0, 0.05) is 24.7 Å². The summed E-state index contributed by atoms with van der Waals surface area (Å²) in [7, 11) is -1.69. The quantitative estimate of drug-likeness (QED) is 0.834. The van der Waals surface area contributed by atoms with Crippen molar-refractivity contribution >= 4 is 10.0 Å². The third-order valence-electron chi connectivity index (χ3n) is 3.91. The highest BCUT2D eigenvalue weighted by Crippen LogP contribution is 2.27. The number of nitrogens with zero attached hydrogens (tertiary/aromatic N) is 2. The SMILES string of the molecule is CCN(C1CCCCC1)S(=O)(=O)c1[nH]ncc1CNC. The number of hydrogen-bond acceptors (Lipinski definition) is 4. The van der Waals surface area contributed by atoms with Crippen LogP contribution in [0, 0.1) is 0 Å². The average Bonchev–Trinajstić information content (AvgIpc) is 2.90. The molecule has 2 N–H and O–H groups in total. The van der Waals surface area contributed by atoms with Crippen molar-refractivity contribution in [3.05, 3.63) is 11.8 Å². The molecule has 0 unspecified atom stereocenters. The van der Waals surface area contributed by atoms with Gasteiger partial charge in [-0.15, -0.1) is 0 Å². The van der Waals surface area contributed by atoms with Gasteiger partial charge in [0.15, 0.2) is 5.03 Å². The van der Waals surface area contributed by atoms with Gasteiger partial charge in [-0.05, 0) is 19.9 Å². The van der Waals surface area contributed by atoms with E-state index in [0.29, 0.717) is 18.7 Å². The lowest BCUT2D eigenvalue weighted by Gasteiger charge is -2.32. The second-order valence-electron chi connectivity index (χ2n) is 5.25. The van der Waals surface area contributed by atoms with E-state index in [1.165, 1.54) is 6.42 Å². The molecule has 114 valence electrons. The van der Waals surface area contributed by atoms with Crippen molar-refractivity contribution in [2.45, 2.75) is 56.6 Å². The van der Waals surface area contributed by atoms with Crippen molar-refractivity contribution in [1.29, 1.82) is 0 Å². The Morgan fingerprint density at radius 2 is 2.10 bits per heavy atom. The molecule has 1 heterocycles. The summed E-state index contributed by atoms with van der Waals surface area (Å²) in [5.74, 6) is 0. The molecule has 1 saturated carbocycles. The Bertz CT molecular complexity index is 520. The average molecular weight is 300 g/mol. The molecule has 1 aromatic heterocycles. The summed E-state index contributed by atoms with van der Waals surface area (Å²) in [4.78, 5) is 0. The van der Waals surface area contributed by atoms with Gasteiger partial charge in [-0.2, -0.15) is 9.40 Å². The second kappa shape index (κ2) is 6.69. The molecule has 0 aromatic carbocycles. The predicted octanol–water partition coefficient (Wildman–Crippen LogP) is 1.47. The van der Waals surface area contributed by atoms with Crippen LogP contribution in [0.15, 0.2) is 11.2 Å². The lowest BCUT2D eigenvalue weighted by atomic mass is 9.95. The molecule has 0 radical (unpaired) electrons. The first kappa shape index (κ1) is 15.5. The first-order valence-corrected chi connectivity index (χ1v) is 8.74. The van der Waals surface area contributed by atoms with Gasteiger partial charge >= 0.3 is 0 Å². The van der Waals surface area contributed by atoms with Crippen molar-refractivity contribution in [2.24, 2.45) is 0 Å². The second-order valence-corrected chi connectivity index (χ2v) is 7.08. The maximum atomic E-state index is 12.8. The van der Waals surface area contributed by atoms with E-state index in [1.807, 2.05) is 6.92 Å². The summed E-state index contributed by atoms with van der Waals surface area (Å²) < 4.78 is 27.3. The Labute approximate surface area is 121 Å². The molecule has 0 saturated heterocycles. The molecule has 0 bridgehead atoms. The maximum absolute atomic E-state index is 12.8. The maximum Gasteiger partial charge on any atom is 0.260 e. The van der Waals surface area contributed by atoms with Crippen molar-refractivity contribution in [1.82, 2.24) is 19.8 Å². The van der Waals surface area contributed by atoms with Crippen LogP contribution >= 0.6 is 0 Å². The molecular formula is C13H24N4O2S. The van der Waals surface area contributed by atoms with Crippen LogP contribution in [0.4, 0.5) is 0 Å². The third-order valence-corrected chi connectivity index (χ3v) is 5.95. The molecule has 2 rings (SSSR count). The molecule has 1 aliphatic rings. The molecule has 1 fully saturated rings. The molecule has 7 heteroatoms. The van der Waals surface area contributed by atoms with Crippen LogP contribution in [-0.2, 0) is 16.6 Å². The molecule has 0 aliphatic heterocycles. The Hall–Kier alpha value is -0.920. The molecule has 1 aliphatic carbocycles. The monoisotopic (exact) mass is 300 g/mol. The van der Waals surface area contributed by atoms with Crippen molar-refractivity contribution < 1.29 is 8.42 Å². The van der Waals surface area contributed by atoms with Crippen molar-refractivity contribution in [3.8, 4) is 0 Å². The largest absolute Gasteiger partial charge is 0.316 e. The highest BCUT2D eigenvalue weighted by atomic mass is 32.2. The van der Waals surface area contributed by atoms with Crippen molar-refractivity contribution in [2.75, 3.05) is 13.6 Å². The van der Waals surface area contributed by atoms with E-state index in [2.05, 4.69) is 15.5 Å². The first-order valence-electron chi connectivity index (χ1n) is 7.30. The minimum Gasteiger partial charge on any atom is -0.316 e. The number of sulfonamides is 1. The van der Waals surface area contributed by atoms with Crippen LogP contribution in [0.3, 0.4) is 0 Å². The van der Waals surface area contributed by atoms with Gasteiger partial charge in [-0.25, -0.2) is 8.42 Å². The van der Waals surface area contributed by atoms with Gasteiger partial charge in [-0.3, -0.25) is 5.10 Å². The highest BCUT2D eigenvalue weighted by molar-refractivity contribution is 7.89. The van der Waals surface area contributed by atoms with E-state index in [1.54, 1.807) is 17.5 Å². The zero-order valence-corrected chi connectivity index (χ0v) is 13.0. The van der Waals surface area contributed by atoms with E-state index < -0.39 is 10.0 Å². The number of aromatic amines is 1. The Kier molecular flexibility index (Phi) is 5.17. The van der Waals surface area contributed by atoms with Gasteiger partial charge in [0.25, 0.3) is 10.0 Å².